The van der Waals surface area contributed by atoms with Gasteiger partial charge in [0.15, 0.2) is 0 Å². The summed E-state index contributed by atoms with van der Waals surface area (Å²) in [5.74, 6) is 0. The second-order valence-corrected chi connectivity index (χ2v) is 4.27. The summed E-state index contributed by atoms with van der Waals surface area (Å²) in [6.07, 6.45) is 3.71. The molecule has 0 bridgehead atoms. The van der Waals surface area contributed by atoms with E-state index in [0.717, 1.165) is 0 Å². The lowest BCUT2D eigenvalue weighted by atomic mass is 9.87. The Kier molecular flexibility index (Phi) is 8.49. The molecule has 0 aliphatic heterocycles. The van der Waals surface area contributed by atoms with Gasteiger partial charge in [-0.2, -0.15) is 0 Å². The molecule has 0 spiro atoms. The zero-order valence-corrected chi connectivity index (χ0v) is 12.4. The molecule has 0 heterocycles. The molecule has 0 saturated carbocycles. The molecule has 0 amide bonds. The van der Waals surface area contributed by atoms with E-state index in [1.165, 1.54) is 36.0 Å². The van der Waals surface area contributed by atoms with Gasteiger partial charge in [-0.05, 0) is 43.4 Å². The zero-order chi connectivity index (χ0) is 13.3. The van der Waals surface area contributed by atoms with Gasteiger partial charge in [-0.15, -0.1) is 0 Å². The number of hydrogen-bond donors (Lipinski definition) is 0. The van der Waals surface area contributed by atoms with Gasteiger partial charge >= 0.3 is 0 Å². The van der Waals surface area contributed by atoms with Crippen LogP contribution in [0.4, 0.5) is 0 Å². The highest BCUT2D eigenvalue weighted by atomic mass is 14.2. The Balaban J connectivity index is 0.000000450. The first-order valence-corrected chi connectivity index (χ1v) is 6.95. The minimum atomic E-state index is 1.22. The van der Waals surface area contributed by atoms with Gasteiger partial charge in [0.25, 0.3) is 0 Å². The Hall–Kier alpha value is -1.04. The van der Waals surface area contributed by atoms with Crippen molar-refractivity contribution in [2.24, 2.45) is 0 Å². The van der Waals surface area contributed by atoms with Crippen LogP contribution in [-0.4, -0.2) is 0 Å². The van der Waals surface area contributed by atoms with Crippen molar-refractivity contribution < 1.29 is 0 Å². The number of aryl methyl sites for hydroxylation is 1. The van der Waals surface area contributed by atoms with Crippen LogP contribution >= 0.6 is 0 Å². The Labute approximate surface area is 108 Å². The third kappa shape index (κ3) is 4.77. The molecule has 0 heteroatoms. The summed E-state index contributed by atoms with van der Waals surface area (Å²) >= 11 is 0. The highest BCUT2D eigenvalue weighted by Gasteiger charge is 2.11. The van der Waals surface area contributed by atoms with Crippen LogP contribution in [0.1, 0.15) is 65.5 Å². The third-order valence-electron chi connectivity index (χ3n) is 2.83. The molecule has 1 aromatic rings. The van der Waals surface area contributed by atoms with E-state index in [1.54, 1.807) is 5.57 Å². The predicted octanol–water partition coefficient (Wildman–Crippen LogP) is 5.87. The van der Waals surface area contributed by atoms with Crippen LogP contribution in [0.25, 0.3) is 5.57 Å². The average molecular weight is 232 g/mol. The molecule has 0 aromatic heterocycles. The van der Waals surface area contributed by atoms with E-state index in [2.05, 4.69) is 52.0 Å². The summed E-state index contributed by atoms with van der Waals surface area (Å²) in [4.78, 5) is 0. The summed E-state index contributed by atoms with van der Waals surface area (Å²) < 4.78 is 0. The van der Waals surface area contributed by atoms with Crippen molar-refractivity contribution in [1.82, 2.24) is 0 Å². The molecule has 0 N–H and O–H groups in total. The van der Waals surface area contributed by atoms with Gasteiger partial charge in [0.1, 0.15) is 0 Å². The monoisotopic (exact) mass is 232 g/mol. The fourth-order valence-corrected chi connectivity index (χ4v) is 1.84. The Morgan fingerprint density at radius 1 is 0.941 bits per heavy atom. The summed E-state index contributed by atoms with van der Waals surface area (Å²) in [6, 6.07) is 8.73. The molecular weight excluding hydrogens is 204 g/mol. The lowest BCUT2D eigenvalue weighted by molar-refractivity contribution is 0.916. The molecular formula is C17H28. The zero-order valence-electron chi connectivity index (χ0n) is 12.4. The van der Waals surface area contributed by atoms with Crippen LogP contribution in [0.2, 0.25) is 0 Å². The van der Waals surface area contributed by atoms with Gasteiger partial charge < -0.3 is 0 Å². The fraction of sp³-hybridized carbons (Fsp3) is 0.529. The van der Waals surface area contributed by atoms with Crippen molar-refractivity contribution in [3.63, 3.8) is 0 Å². The molecule has 1 aliphatic carbocycles. The minimum Gasteiger partial charge on any atom is -0.0695 e. The van der Waals surface area contributed by atoms with E-state index in [9.17, 15) is 0 Å². The Morgan fingerprint density at radius 2 is 1.47 bits per heavy atom. The standard InChI is InChI=1S/C12H14.C3H8.C2H6/c1-9-7-8-11-5-3-4-6-12(11)10(9)2;1-3-2;1-2/h3-6H,7-8H2,1-2H3;3H2,1-2H3;1-2H3. The first-order chi connectivity index (χ1) is 8.20. The maximum Gasteiger partial charge on any atom is -0.0196 e. The van der Waals surface area contributed by atoms with Crippen molar-refractivity contribution in [2.75, 3.05) is 0 Å². The second kappa shape index (κ2) is 9.04. The quantitative estimate of drug-likeness (QED) is 0.525. The van der Waals surface area contributed by atoms with E-state index in [1.807, 2.05) is 13.8 Å². The van der Waals surface area contributed by atoms with Gasteiger partial charge in [0.05, 0.1) is 0 Å². The van der Waals surface area contributed by atoms with Gasteiger partial charge in [-0.1, -0.05) is 64.0 Å². The van der Waals surface area contributed by atoms with Crippen molar-refractivity contribution >= 4 is 5.57 Å². The lowest BCUT2D eigenvalue weighted by Gasteiger charge is -2.18. The molecule has 1 aliphatic rings. The van der Waals surface area contributed by atoms with E-state index in [-0.39, 0.29) is 0 Å². The topological polar surface area (TPSA) is 0 Å². The first-order valence-electron chi connectivity index (χ1n) is 6.95. The molecule has 17 heavy (non-hydrogen) atoms. The van der Waals surface area contributed by atoms with E-state index in [4.69, 9.17) is 0 Å². The maximum absolute atomic E-state index is 2.24. The van der Waals surface area contributed by atoms with Crippen molar-refractivity contribution in [2.45, 2.75) is 60.8 Å². The normalized spacial score (nSPS) is 12.8. The van der Waals surface area contributed by atoms with E-state index in [0.29, 0.717) is 0 Å². The first kappa shape index (κ1) is 16.0. The van der Waals surface area contributed by atoms with Crippen LogP contribution in [0.3, 0.4) is 0 Å². The average Bonchev–Trinajstić information content (AvgIpc) is 2.38. The molecule has 0 nitrogen and oxygen atoms in total. The molecule has 96 valence electrons. The second-order valence-electron chi connectivity index (χ2n) is 4.27. The molecule has 1 aromatic carbocycles. The summed E-state index contributed by atoms with van der Waals surface area (Å²) in [7, 11) is 0. The van der Waals surface area contributed by atoms with Gasteiger partial charge in [-0.3, -0.25) is 0 Å². The summed E-state index contributed by atoms with van der Waals surface area (Å²) in [5, 5.41) is 0. The van der Waals surface area contributed by atoms with Crippen LogP contribution < -0.4 is 0 Å². The van der Waals surface area contributed by atoms with Crippen LogP contribution in [-0.2, 0) is 6.42 Å². The smallest absolute Gasteiger partial charge is 0.0196 e. The third-order valence-corrected chi connectivity index (χ3v) is 2.83. The molecule has 2 rings (SSSR count). The lowest BCUT2D eigenvalue weighted by Crippen LogP contribution is -2.00. The SMILES string of the molecule is CC.CC1=C(C)c2ccccc2CC1.CCC. The van der Waals surface area contributed by atoms with Crippen LogP contribution in [0.15, 0.2) is 29.8 Å². The number of benzene rings is 1. The summed E-state index contributed by atoms with van der Waals surface area (Å²) in [5.41, 5.74) is 6.01. The number of rotatable bonds is 0. The van der Waals surface area contributed by atoms with Crippen LogP contribution in [0, 0.1) is 0 Å². The highest BCUT2D eigenvalue weighted by molar-refractivity contribution is 5.71. The molecule has 0 saturated heterocycles. The summed E-state index contributed by atoms with van der Waals surface area (Å²) in [6.45, 7) is 12.7. The Bertz CT molecular complexity index is 345. The number of hydrogen-bond acceptors (Lipinski definition) is 0. The van der Waals surface area contributed by atoms with Gasteiger partial charge in [-0.25, -0.2) is 0 Å². The highest BCUT2D eigenvalue weighted by Crippen LogP contribution is 2.29. The molecule has 0 fully saturated rings. The largest absolute Gasteiger partial charge is 0.0695 e. The number of allylic oxidation sites excluding steroid dienone is 2. The maximum atomic E-state index is 2.24. The molecule has 0 radical (unpaired) electrons. The van der Waals surface area contributed by atoms with Crippen molar-refractivity contribution in [3.05, 3.63) is 41.0 Å². The van der Waals surface area contributed by atoms with Gasteiger partial charge in [0.2, 0.25) is 0 Å². The molecule has 0 unspecified atom stereocenters. The van der Waals surface area contributed by atoms with Gasteiger partial charge in [0, 0.05) is 0 Å². The molecule has 0 atom stereocenters. The minimum absolute atomic E-state index is 1.22. The van der Waals surface area contributed by atoms with Crippen LogP contribution in [0.5, 0.6) is 0 Å². The van der Waals surface area contributed by atoms with Crippen molar-refractivity contribution in [1.29, 1.82) is 0 Å². The van der Waals surface area contributed by atoms with E-state index >= 15 is 0 Å². The fourth-order valence-electron chi connectivity index (χ4n) is 1.84. The van der Waals surface area contributed by atoms with E-state index < -0.39 is 0 Å². The Morgan fingerprint density at radius 3 is 2.06 bits per heavy atom. The van der Waals surface area contributed by atoms with Crippen molar-refractivity contribution in [3.8, 4) is 0 Å². The number of fused-ring (bicyclic) bond motifs is 1. The predicted molar refractivity (Wildman–Crippen MR) is 80.3 cm³/mol.